The van der Waals surface area contributed by atoms with Crippen LogP contribution in [0.4, 0.5) is 22.7 Å². The van der Waals surface area contributed by atoms with Crippen molar-refractivity contribution in [2.45, 2.75) is 4.90 Å². The number of quaternary nitrogens is 1. The van der Waals surface area contributed by atoms with Crippen LogP contribution in [0.2, 0.25) is 0 Å². The van der Waals surface area contributed by atoms with Gasteiger partial charge in [0, 0.05) is 23.7 Å². The van der Waals surface area contributed by atoms with E-state index in [0.29, 0.717) is 5.69 Å². The summed E-state index contributed by atoms with van der Waals surface area (Å²) >= 11 is 0. The Morgan fingerprint density at radius 1 is 1.11 bits per heavy atom. The molecule has 0 amide bonds. The first-order valence-electron chi connectivity index (χ1n) is 8.66. The van der Waals surface area contributed by atoms with E-state index >= 15 is 0 Å². The standard InChI is InChI=1S/C18H22N4O4S/c1-20-9-11-21(12-10-20)15-5-3-14(4-6-15)19-17-8-7-16(27(2,25)26)13-18(17)22(23)24/h3-8,13,19H,9-12H2,1-2H3/p+1. The molecule has 9 heteroatoms. The zero-order valence-corrected chi connectivity index (χ0v) is 16.1. The van der Waals surface area contributed by atoms with Crippen LogP contribution in [0.15, 0.2) is 47.4 Å². The van der Waals surface area contributed by atoms with Gasteiger partial charge in [-0.2, -0.15) is 0 Å². The Kier molecular flexibility index (Phi) is 5.33. The van der Waals surface area contributed by atoms with Crippen LogP contribution in [-0.2, 0) is 9.84 Å². The third kappa shape index (κ3) is 4.55. The predicted octanol–water partition coefficient (Wildman–Crippen LogP) is 1.08. The van der Waals surface area contributed by atoms with Gasteiger partial charge >= 0.3 is 0 Å². The van der Waals surface area contributed by atoms with Crippen LogP contribution in [0.1, 0.15) is 0 Å². The van der Waals surface area contributed by atoms with Gasteiger partial charge in [0.25, 0.3) is 5.69 Å². The third-order valence-corrected chi connectivity index (χ3v) is 5.83. The molecular weight excluding hydrogens is 368 g/mol. The van der Waals surface area contributed by atoms with Crippen molar-refractivity contribution in [2.24, 2.45) is 0 Å². The summed E-state index contributed by atoms with van der Waals surface area (Å²) in [5.41, 5.74) is 1.80. The lowest BCUT2D eigenvalue weighted by atomic mass is 10.2. The topological polar surface area (TPSA) is 97.0 Å². The molecule has 27 heavy (non-hydrogen) atoms. The predicted molar refractivity (Wildman–Crippen MR) is 105 cm³/mol. The summed E-state index contributed by atoms with van der Waals surface area (Å²) in [6.07, 6.45) is 1.03. The van der Waals surface area contributed by atoms with Crippen molar-refractivity contribution in [2.75, 3.05) is 49.7 Å². The largest absolute Gasteiger partial charge is 0.360 e. The van der Waals surface area contributed by atoms with Crippen LogP contribution in [0, 0.1) is 10.1 Å². The van der Waals surface area contributed by atoms with Crippen molar-refractivity contribution in [1.29, 1.82) is 0 Å². The number of hydrogen-bond donors (Lipinski definition) is 2. The second kappa shape index (κ2) is 7.53. The molecule has 0 spiro atoms. The van der Waals surface area contributed by atoms with Gasteiger partial charge in [-0.25, -0.2) is 8.42 Å². The summed E-state index contributed by atoms with van der Waals surface area (Å²) in [6.45, 7) is 4.19. The van der Waals surface area contributed by atoms with Gasteiger partial charge in [0.2, 0.25) is 0 Å². The Hall–Kier alpha value is -2.65. The number of nitro groups is 1. The van der Waals surface area contributed by atoms with Crippen LogP contribution in [0.5, 0.6) is 0 Å². The molecule has 0 radical (unpaired) electrons. The number of nitrogens with one attached hydrogen (secondary N) is 2. The summed E-state index contributed by atoms with van der Waals surface area (Å²) in [5.74, 6) is 0. The average Bonchev–Trinajstić information content (AvgIpc) is 2.62. The lowest BCUT2D eigenvalue weighted by Gasteiger charge is -2.31. The van der Waals surface area contributed by atoms with Gasteiger partial charge in [0.05, 0.1) is 43.0 Å². The SMILES string of the molecule is C[NH+]1CCN(c2ccc(Nc3ccc(S(C)(=O)=O)cc3[N+](=O)[O-])cc2)CC1. The highest BCUT2D eigenvalue weighted by Crippen LogP contribution is 2.30. The Morgan fingerprint density at radius 3 is 2.30 bits per heavy atom. The highest BCUT2D eigenvalue weighted by Gasteiger charge is 2.19. The van der Waals surface area contributed by atoms with Crippen molar-refractivity contribution < 1.29 is 18.2 Å². The van der Waals surface area contributed by atoms with E-state index in [1.807, 2.05) is 24.3 Å². The molecule has 0 aliphatic carbocycles. The van der Waals surface area contributed by atoms with Gasteiger partial charge in [-0.3, -0.25) is 10.1 Å². The van der Waals surface area contributed by atoms with Crippen LogP contribution < -0.4 is 15.1 Å². The third-order valence-electron chi connectivity index (χ3n) is 4.72. The van der Waals surface area contributed by atoms with Gasteiger partial charge < -0.3 is 15.1 Å². The fourth-order valence-corrected chi connectivity index (χ4v) is 3.70. The maximum atomic E-state index is 11.6. The second-order valence-corrected chi connectivity index (χ2v) is 8.84. The number of piperazine rings is 1. The van der Waals surface area contributed by atoms with Crippen molar-refractivity contribution in [3.8, 4) is 0 Å². The van der Waals surface area contributed by atoms with E-state index in [-0.39, 0.29) is 16.3 Å². The van der Waals surface area contributed by atoms with Gasteiger partial charge in [0.1, 0.15) is 5.69 Å². The van der Waals surface area contributed by atoms with Crippen LogP contribution in [-0.4, -0.2) is 52.8 Å². The molecule has 1 aliphatic heterocycles. The summed E-state index contributed by atoms with van der Waals surface area (Å²) in [4.78, 5) is 14.5. The van der Waals surface area contributed by atoms with Crippen molar-refractivity contribution in [3.05, 3.63) is 52.6 Å². The molecule has 1 heterocycles. The van der Waals surface area contributed by atoms with E-state index in [9.17, 15) is 18.5 Å². The fourth-order valence-electron chi connectivity index (χ4n) is 3.06. The number of nitrogens with zero attached hydrogens (tertiary/aromatic N) is 2. The lowest BCUT2D eigenvalue weighted by molar-refractivity contribution is -0.880. The number of likely N-dealkylation sites (N-methyl/N-ethyl adjacent to an activating group) is 1. The molecule has 1 fully saturated rings. The number of benzene rings is 2. The summed E-state index contributed by atoms with van der Waals surface area (Å²) in [6, 6.07) is 11.6. The van der Waals surface area contributed by atoms with E-state index in [1.165, 1.54) is 17.0 Å². The zero-order chi connectivity index (χ0) is 19.6. The molecule has 144 valence electrons. The van der Waals surface area contributed by atoms with Crippen LogP contribution in [0.3, 0.4) is 0 Å². The summed E-state index contributed by atoms with van der Waals surface area (Å²) in [7, 11) is -1.32. The molecule has 0 aromatic heterocycles. The van der Waals surface area contributed by atoms with E-state index in [0.717, 1.165) is 44.2 Å². The molecule has 3 rings (SSSR count). The number of rotatable bonds is 5. The monoisotopic (exact) mass is 391 g/mol. The van der Waals surface area contributed by atoms with Gasteiger partial charge in [0.15, 0.2) is 9.84 Å². The van der Waals surface area contributed by atoms with E-state index < -0.39 is 14.8 Å². The Labute approximate surface area is 158 Å². The van der Waals surface area contributed by atoms with Crippen molar-refractivity contribution in [3.63, 3.8) is 0 Å². The quantitative estimate of drug-likeness (QED) is 0.585. The summed E-state index contributed by atoms with van der Waals surface area (Å²) < 4.78 is 23.3. The van der Waals surface area contributed by atoms with Crippen molar-refractivity contribution >= 4 is 32.6 Å². The molecule has 0 saturated carbocycles. The fraction of sp³-hybridized carbons (Fsp3) is 0.333. The van der Waals surface area contributed by atoms with Crippen molar-refractivity contribution in [1.82, 2.24) is 0 Å². The maximum Gasteiger partial charge on any atom is 0.293 e. The second-order valence-electron chi connectivity index (χ2n) is 6.82. The minimum atomic E-state index is -3.51. The Balaban J connectivity index is 1.80. The maximum absolute atomic E-state index is 11.6. The highest BCUT2D eigenvalue weighted by molar-refractivity contribution is 7.90. The molecule has 0 bridgehead atoms. The first kappa shape index (κ1) is 19.1. The Bertz CT molecular complexity index is 936. The van der Waals surface area contributed by atoms with Gasteiger partial charge in [-0.1, -0.05) is 0 Å². The van der Waals surface area contributed by atoms with E-state index in [2.05, 4.69) is 17.3 Å². The first-order valence-corrected chi connectivity index (χ1v) is 10.5. The van der Waals surface area contributed by atoms with Gasteiger partial charge in [-0.15, -0.1) is 0 Å². The van der Waals surface area contributed by atoms with Gasteiger partial charge in [-0.05, 0) is 36.4 Å². The first-order chi connectivity index (χ1) is 12.7. The lowest BCUT2D eigenvalue weighted by Crippen LogP contribution is -3.12. The molecule has 0 unspecified atom stereocenters. The zero-order valence-electron chi connectivity index (χ0n) is 15.3. The Morgan fingerprint density at radius 2 is 1.74 bits per heavy atom. The molecule has 0 atom stereocenters. The van der Waals surface area contributed by atoms with E-state index in [1.54, 1.807) is 0 Å². The number of anilines is 3. The molecule has 2 aromatic rings. The smallest absolute Gasteiger partial charge is 0.293 e. The summed E-state index contributed by atoms with van der Waals surface area (Å²) in [5, 5.41) is 14.4. The molecule has 1 aliphatic rings. The number of sulfone groups is 1. The molecule has 8 nitrogen and oxygen atoms in total. The minimum Gasteiger partial charge on any atom is -0.360 e. The van der Waals surface area contributed by atoms with Crippen LogP contribution in [0.25, 0.3) is 0 Å². The van der Waals surface area contributed by atoms with E-state index in [4.69, 9.17) is 0 Å². The molecule has 2 aromatic carbocycles. The highest BCUT2D eigenvalue weighted by atomic mass is 32.2. The van der Waals surface area contributed by atoms with Crippen LogP contribution >= 0.6 is 0 Å². The molecule has 2 N–H and O–H groups in total. The normalized spacial score (nSPS) is 15.6. The molecular formula is C18H23N4O4S+. The number of nitro benzene ring substituents is 1. The number of hydrogen-bond acceptors (Lipinski definition) is 6. The molecule has 1 saturated heterocycles. The average molecular weight is 391 g/mol. The minimum absolute atomic E-state index is 0.0766.